The molecule has 0 unspecified atom stereocenters. The first-order chi connectivity index (χ1) is 4.83. The van der Waals surface area contributed by atoms with E-state index in [1.54, 1.807) is 0 Å². The van der Waals surface area contributed by atoms with E-state index in [-0.39, 0.29) is 0 Å². The largest absolute Gasteiger partial charge is 0.297 e. The second-order valence-electron chi connectivity index (χ2n) is 2.36. The van der Waals surface area contributed by atoms with E-state index in [4.69, 9.17) is 0 Å². The van der Waals surface area contributed by atoms with Gasteiger partial charge in [0, 0.05) is 13.1 Å². The average Bonchev–Trinajstić information content (AvgIpc) is 1.90. The van der Waals surface area contributed by atoms with E-state index in [1.165, 1.54) is 0 Å². The van der Waals surface area contributed by atoms with Gasteiger partial charge in [-0.15, -0.1) is 0 Å². The van der Waals surface area contributed by atoms with Crippen molar-refractivity contribution in [2.75, 3.05) is 19.6 Å². The van der Waals surface area contributed by atoms with Crippen LogP contribution in [0.2, 0.25) is 0 Å². The summed E-state index contributed by atoms with van der Waals surface area (Å²) in [7, 11) is 0. The topological polar surface area (TPSA) is 3.24 Å². The predicted molar refractivity (Wildman–Crippen MR) is 43.0 cm³/mol. The Morgan fingerprint density at radius 1 is 1.40 bits per heavy atom. The van der Waals surface area contributed by atoms with Gasteiger partial charge in [-0.3, -0.25) is 4.90 Å². The first-order valence-corrected chi connectivity index (χ1v) is 4.19. The van der Waals surface area contributed by atoms with Gasteiger partial charge in [0.05, 0.1) is 0 Å². The summed E-state index contributed by atoms with van der Waals surface area (Å²) in [5.41, 5.74) is 0. The Labute approximate surface area is 63.2 Å². The van der Waals surface area contributed by atoms with Crippen LogP contribution in [0.3, 0.4) is 0 Å². The summed E-state index contributed by atoms with van der Waals surface area (Å²) >= 11 is 0. The van der Waals surface area contributed by atoms with Gasteiger partial charge in [-0.1, -0.05) is 20.8 Å². The monoisotopic (exact) mass is 147 g/mol. The smallest absolute Gasteiger partial charge is 0.125 e. The fraction of sp³-hybridized carbons (Fsp3) is 1.00. The molecule has 0 saturated carbocycles. The average molecular weight is 147 g/mol. The van der Waals surface area contributed by atoms with Gasteiger partial charge in [-0.05, 0) is 13.0 Å². The molecule has 0 aromatic rings. The molecule has 1 rings (SSSR count). The van der Waals surface area contributed by atoms with Gasteiger partial charge in [0.25, 0.3) is 0 Å². The molecule has 0 aromatic heterocycles. The molecule has 1 aliphatic rings. The van der Waals surface area contributed by atoms with Crippen molar-refractivity contribution in [2.45, 2.75) is 33.4 Å². The van der Waals surface area contributed by atoms with Crippen LogP contribution >= 0.6 is 0 Å². The summed E-state index contributed by atoms with van der Waals surface area (Å²) in [5, 5.41) is 0. The van der Waals surface area contributed by atoms with Crippen molar-refractivity contribution in [3.63, 3.8) is 0 Å². The first-order valence-electron chi connectivity index (χ1n) is 4.19. The van der Waals surface area contributed by atoms with Gasteiger partial charge in [0.2, 0.25) is 0 Å². The number of alkyl halides is 1. The predicted octanol–water partition coefficient (Wildman–Crippen LogP) is 2.08. The molecule has 0 aliphatic carbocycles. The lowest BCUT2D eigenvalue weighted by Crippen LogP contribution is -2.48. The van der Waals surface area contributed by atoms with E-state index in [0.717, 1.165) is 13.0 Å². The van der Waals surface area contributed by atoms with Gasteiger partial charge in [-0.2, -0.15) is 0 Å². The van der Waals surface area contributed by atoms with Gasteiger partial charge in [0.1, 0.15) is 6.17 Å². The SMILES string of the molecule is CC.CCCN1CC(F)C1. The summed E-state index contributed by atoms with van der Waals surface area (Å²) in [6, 6.07) is 0. The quantitative estimate of drug-likeness (QED) is 0.578. The Morgan fingerprint density at radius 2 is 1.90 bits per heavy atom. The van der Waals surface area contributed by atoms with E-state index in [2.05, 4.69) is 11.8 Å². The molecule has 0 radical (unpaired) electrons. The summed E-state index contributed by atoms with van der Waals surface area (Å²) in [4.78, 5) is 2.13. The van der Waals surface area contributed by atoms with Gasteiger partial charge < -0.3 is 0 Å². The highest BCUT2D eigenvalue weighted by molar-refractivity contribution is 4.77. The molecule has 0 bridgehead atoms. The lowest BCUT2D eigenvalue weighted by atomic mass is 10.2. The third-order valence-electron chi connectivity index (χ3n) is 1.45. The van der Waals surface area contributed by atoms with Crippen molar-refractivity contribution in [3.8, 4) is 0 Å². The first kappa shape index (κ1) is 9.89. The zero-order chi connectivity index (χ0) is 7.98. The molecule has 1 fully saturated rings. The minimum Gasteiger partial charge on any atom is -0.297 e. The second-order valence-corrected chi connectivity index (χ2v) is 2.36. The van der Waals surface area contributed by atoms with Crippen molar-refractivity contribution in [1.82, 2.24) is 4.90 Å². The van der Waals surface area contributed by atoms with Crippen LogP contribution in [0.5, 0.6) is 0 Å². The van der Waals surface area contributed by atoms with Crippen LogP contribution in [0.25, 0.3) is 0 Å². The zero-order valence-corrected chi connectivity index (χ0v) is 7.23. The number of halogens is 1. The molecule has 0 aromatic carbocycles. The fourth-order valence-electron chi connectivity index (χ4n) is 1.01. The molecule has 2 heteroatoms. The maximum atomic E-state index is 12.0. The van der Waals surface area contributed by atoms with Gasteiger partial charge in [0.15, 0.2) is 0 Å². The van der Waals surface area contributed by atoms with E-state index >= 15 is 0 Å². The van der Waals surface area contributed by atoms with Crippen LogP contribution in [-0.4, -0.2) is 30.7 Å². The molecule has 0 N–H and O–H groups in total. The van der Waals surface area contributed by atoms with Crippen LogP contribution in [0.4, 0.5) is 4.39 Å². The zero-order valence-electron chi connectivity index (χ0n) is 7.23. The van der Waals surface area contributed by atoms with Crippen molar-refractivity contribution in [2.24, 2.45) is 0 Å². The molecule has 1 aliphatic heterocycles. The minimum absolute atomic E-state index is 0.526. The van der Waals surface area contributed by atoms with Crippen molar-refractivity contribution in [1.29, 1.82) is 0 Å². The third-order valence-corrected chi connectivity index (χ3v) is 1.45. The number of hydrogen-bond donors (Lipinski definition) is 0. The molecular weight excluding hydrogens is 129 g/mol. The molecule has 1 heterocycles. The standard InChI is InChI=1S/C6H12FN.C2H6/c1-2-3-8-4-6(7)5-8;1-2/h6H,2-5H2,1H3;1-2H3. The molecule has 1 saturated heterocycles. The van der Waals surface area contributed by atoms with Crippen molar-refractivity contribution in [3.05, 3.63) is 0 Å². The second kappa shape index (κ2) is 5.66. The molecular formula is C8H18FN. The Kier molecular flexibility index (Phi) is 5.60. The van der Waals surface area contributed by atoms with Gasteiger partial charge in [-0.25, -0.2) is 4.39 Å². The van der Waals surface area contributed by atoms with E-state index < -0.39 is 6.17 Å². The Bertz CT molecular complexity index is 66.9. The fourth-order valence-corrected chi connectivity index (χ4v) is 1.01. The minimum atomic E-state index is -0.526. The van der Waals surface area contributed by atoms with Gasteiger partial charge >= 0.3 is 0 Å². The number of nitrogens with zero attached hydrogens (tertiary/aromatic N) is 1. The molecule has 1 nitrogen and oxygen atoms in total. The number of likely N-dealkylation sites (tertiary alicyclic amines) is 1. The number of hydrogen-bond acceptors (Lipinski definition) is 1. The van der Waals surface area contributed by atoms with Crippen LogP contribution in [0.1, 0.15) is 27.2 Å². The molecule has 0 amide bonds. The van der Waals surface area contributed by atoms with Crippen LogP contribution in [0.15, 0.2) is 0 Å². The summed E-state index contributed by atoms with van der Waals surface area (Å²) in [6.45, 7) is 8.54. The highest BCUT2D eigenvalue weighted by Gasteiger charge is 2.24. The highest BCUT2D eigenvalue weighted by Crippen LogP contribution is 2.10. The highest BCUT2D eigenvalue weighted by atomic mass is 19.1. The van der Waals surface area contributed by atoms with Crippen LogP contribution in [-0.2, 0) is 0 Å². The normalized spacial score (nSPS) is 19.2. The summed E-state index contributed by atoms with van der Waals surface area (Å²) in [5.74, 6) is 0. The van der Waals surface area contributed by atoms with E-state index in [9.17, 15) is 4.39 Å². The maximum absolute atomic E-state index is 12.0. The maximum Gasteiger partial charge on any atom is 0.125 e. The Hall–Kier alpha value is -0.110. The number of rotatable bonds is 2. The van der Waals surface area contributed by atoms with Crippen LogP contribution < -0.4 is 0 Å². The Morgan fingerprint density at radius 3 is 2.20 bits per heavy atom. The third kappa shape index (κ3) is 3.16. The Balaban J connectivity index is 0.000000371. The molecule has 10 heavy (non-hydrogen) atoms. The molecule has 0 atom stereocenters. The van der Waals surface area contributed by atoms with E-state index in [0.29, 0.717) is 13.1 Å². The van der Waals surface area contributed by atoms with Crippen molar-refractivity contribution < 1.29 is 4.39 Å². The summed E-state index contributed by atoms with van der Waals surface area (Å²) < 4.78 is 12.0. The van der Waals surface area contributed by atoms with E-state index in [1.807, 2.05) is 13.8 Å². The molecule has 0 spiro atoms. The lowest BCUT2D eigenvalue weighted by Gasteiger charge is -2.33. The summed E-state index contributed by atoms with van der Waals surface area (Å²) in [6.07, 6.45) is 0.619. The van der Waals surface area contributed by atoms with Crippen LogP contribution in [0, 0.1) is 0 Å². The molecule has 62 valence electrons. The van der Waals surface area contributed by atoms with Crippen molar-refractivity contribution >= 4 is 0 Å². The lowest BCUT2D eigenvalue weighted by molar-refractivity contribution is 0.0661.